The predicted octanol–water partition coefficient (Wildman–Crippen LogP) is 2.49. The Morgan fingerprint density at radius 2 is 2.15 bits per heavy atom. The predicted molar refractivity (Wildman–Crippen MR) is 94.9 cm³/mol. The molecule has 8 heteroatoms. The number of rotatable bonds is 2. The van der Waals surface area contributed by atoms with Crippen LogP contribution in [0.4, 0.5) is 4.39 Å². The lowest BCUT2D eigenvalue weighted by atomic mass is 9.83. The summed E-state index contributed by atoms with van der Waals surface area (Å²) < 4.78 is 21.9. The van der Waals surface area contributed by atoms with Gasteiger partial charge >= 0.3 is 0 Å². The highest BCUT2D eigenvalue weighted by molar-refractivity contribution is 5.94. The zero-order chi connectivity index (χ0) is 19.2. The summed E-state index contributed by atoms with van der Waals surface area (Å²) in [5, 5.41) is 15.0. The van der Waals surface area contributed by atoms with Crippen LogP contribution in [-0.4, -0.2) is 49.4 Å². The molecule has 0 saturated carbocycles. The van der Waals surface area contributed by atoms with Gasteiger partial charge in [-0.3, -0.25) is 14.5 Å². The van der Waals surface area contributed by atoms with Gasteiger partial charge in [0.2, 0.25) is 0 Å². The highest BCUT2D eigenvalue weighted by Crippen LogP contribution is 2.44. The number of fused-ring (bicyclic) bond motifs is 1. The summed E-state index contributed by atoms with van der Waals surface area (Å²) >= 11 is 0. The minimum absolute atomic E-state index is 0.0334. The molecule has 4 heterocycles. The van der Waals surface area contributed by atoms with E-state index in [0.29, 0.717) is 43.8 Å². The SMILES string of the molecule is CC(C)n1cc2c(n1)C(O)CC1(CCN(C(=O)c3ccncc3F)CC1)O2. The maximum atomic E-state index is 13.9. The molecule has 1 saturated heterocycles. The Morgan fingerprint density at radius 1 is 1.41 bits per heavy atom. The molecule has 27 heavy (non-hydrogen) atoms. The van der Waals surface area contributed by atoms with Gasteiger partial charge in [0.05, 0.1) is 18.0 Å². The number of carbonyl (C=O) groups is 1. The van der Waals surface area contributed by atoms with Gasteiger partial charge in [0.1, 0.15) is 17.4 Å². The summed E-state index contributed by atoms with van der Waals surface area (Å²) in [7, 11) is 0. The topological polar surface area (TPSA) is 80.5 Å². The number of halogens is 1. The van der Waals surface area contributed by atoms with Crippen molar-refractivity contribution in [1.29, 1.82) is 0 Å². The second kappa shape index (κ2) is 6.60. The van der Waals surface area contributed by atoms with Crippen LogP contribution in [0.3, 0.4) is 0 Å². The Balaban J connectivity index is 1.48. The minimum atomic E-state index is -0.686. The summed E-state index contributed by atoms with van der Waals surface area (Å²) in [5.74, 6) is -0.338. The standard InChI is InChI=1S/C19H23FN4O3/c1-12(2)24-11-16-17(22-24)15(25)9-19(27-16)4-7-23(8-5-19)18(26)13-3-6-21-10-14(13)20/h3,6,10-12,15,25H,4-5,7-9H2,1-2H3. The third-order valence-corrected chi connectivity index (χ3v) is 5.43. The summed E-state index contributed by atoms with van der Waals surface area (Å²) in [6, 6.07) is 1.58. The van der Waals surface area contributed by atoms with E-state index in [9.17, 15) is 14.3 Å². The summed E-state index contributed by atoms with van der Waals surface area (Å²) in [6.45, 7) is 4.92. The van der Waals surface area contributed by atoms with Crippen molar-refractivity contribution < 1.29 is 19.0 Å². The number of carbonyl (C=O) groups excluding carboxylic acids is 1. The van der Waals surface area contributed by atoms with Gasteiger partial charge in [0.15, 0.2) is 11.6 Å². The Kier molecular flexibility index (Phi) is 4.38. The van der Waals surface area contributed by atoms with Crippen LogP contribution in [0.25, 0.3) is 0 Å². The van der Waals surface area contributed by atoms with E-state index in [1.54, 1.807) is 9.58 Å². The summed E-state index contributed by atoms with van der Waals surface area (Å²) in [5.41, 5.74) is 0.0860. The van der Waals surface area contributed by atoms with Crippen molar-refractivity contribution in [2.45, 2.75) is 50.9 Å². The largest absolute Gasteiger partial charge is 0.483 e. The first-order valence-corrected chi connectivity index (χ1v) is 9.23. The number of hydrogen-bond donors (Lipinski definition) is 1. The van der Waals surface area contributed by atoms with E-state index in [1.807, 2.05) is 20.0 Å². The first-order valence-electron chi connectivity index (χ1n) is 9.23. The monoisotopic (exact) mass is 374 g/mol. The molecule has 0 bridgehead atoms. The average molecular weight is 374 g/mol. The third kappa shape index (κ3) is 3.18. The average Bonchev–Trinajstić information content (AvgIpc) is 3.07. The van der Waals surface area contributed by atoms with Crippen molar-refractivity contribution in [3.8, 4) is 5.75 Å². The lowest BCUT2D eigenvalue weighted by Gasteiger charge is -2.44. The molecule has 1 spiro atoms. The van der Waals surface area contributed by atoms with Crippen LogP contribution >= 0.6 is 0 Å². The van der Waals surface area contributed by atoms with E-state index in [-0.39, 0.29) is 17.5 Å². The molecule has 1 atom stereocenters. The van der Waals surface area contributed by atoms with Gasteiger partial charge in [0.25, 0.3) is 5.91 Å². The van der Waals surface area contributed by atoms with Crippen LogP contribution in [0.1, 0.15) is 61.3 Å². The number of aromatic nitrogens is 3. The Hall–Kier alpha value is -2.48. The molecule has 2 aromatic rings. The number of aliphatic hydroxyl groups excluding tert-OH is 1. The van der Waals surface area contributed by atoms with Crippen LogP contribution in [-0.2, 0) is 0 Å². The van der Waals surface area contributed by atoms with E-state index < -0.39 is 17.5 Å². The molecule has 0 aliphatic carbocycles. The van der Waals surface area contributed by atoms with Crippen LogP contribution < -0.4 is 4.74 Å². The second-order valence-corrected chi connectivity index (χ2v) is 7.61. The fourth-order valence-corrected chi connectivity index (χ4v) is 3.83. The van der Waals surface area contributed by atoms with Crippen LogP contribution in [0.15, 0.2) is 24.7 Å². The molecule has 1 amide bonds. The van der Waals surface area contributed by atoms with Gasteiger partial charge < -0.3 is 14.7 Å². The lowest BCUT2D eigenvalue weighted by Crippen LogP contribution is -2.51. The van der Waals surface area contributed by atoms with Crippen molar-refractivity contribution >= 4 is 5.91 Å². The maximum absolute atomic E-state index is 13.9. The lowest BCUT2D eigenvalue weighted by molar-refractivity contribution is -0.0504. The van der Waals surface area contributed by atoms with Crippen LogP contribution in [0.5, 0.6) is 5.75 Å². The number of aliphatic hydroxyl groups is 1. The first-order chi connectivity index (χ1) is 12.9. The summed E-state index contributed by atoms with van der Waals surface area (Å²) in [4.78, 5) is 17.9. The van der Waals surface area contributed by atoms with E-state index in [4.69, 9.17) is 4.74 Å². The first kappa shape index (κ1) is 17.9. The molecule has 144 valence electrons. The zero-order valence-corrected chi connectivity index (χ0v) is 15.4. The molecule has 4 rings (SSSR count). The third-order valence-electron chi connectivity index (χ3n) is 5.43. The molecule has 2 aromatic heterocycles. The molecule has 2 aliphatic rings. The van der Waals surface area contributed by atoms with Gasteiger partial charge in [-0.25, -0.2) is 4.39 Å². The zero-order valence-electron chi connectivity index (χ0n) is 15.4. The Bertz CT molecular complexity index is 858. The van der Waals surface area contributed by atoms with E-state index in [1.165, 1.54) is 12.3 Å². The maximum Gasteiger partial charge on any atom is 0.256 e. The molecule has 2 aliphatic heterocycles. The summed E-state index contributed by atoms with van der Waals surface area (Å²) in [6.07, 6.45) is 5.20. The number of amides is 1. The van der Waals surface area contributed by atoms with Gasteiger partial charge in [-0.15, -0.1) is 0 Å². The van der Waals surface area contributed by atoms with Gasteiger partial charge in [0, 0.05) is 44.6 Å². The molecule has 1 N–H and O–H groups in total. The van der Waals surface area contributed by atoms with Crippen LogP contribution in [0.2, 0.25) is 0 Å². The normalized spacial score (nSPS) is 21.2. The van der Waals surface area contributed by atoms with Crippen molar-refractivity contribution in [1.82, 2.24) is 19.7 Å². The molecule has 1 unspecified atom stereocenters. The number of nitrogens with zero attached hydrogens (tertiary/aromatic N) is 4. The molecule has 0 aromatic carbocycles. The van der Waals surface area contributed by atoms with E-state index in [2.05, 4.69) is 10.1 Å². The van der Waals surface area contributed by atoms with Gasteiger partial charge in [-0.2, -0.15) is 5.10 Å². The van der Waals surface area contributed by atoms with Crippen LogP contribution in [0, 0.1) is 5.82 Å². The van der Waals surface area contributed by atoms with E-state index in [0.717, 1.165) is 6.20 Å². The van der Waals surface area contributed by atoms with Crippen molar-refractivity contribution in [2.75, 3.05) is 13.1 Å². The molecular weight excluding hydrogens is 351 g/mol. The van der Waals surface area contributed by atoms with E-state index >= 15 is 0 Å². The second-order valence-electron chi connectivity index (χ2n) is 7.61. The molecule has 0 radical (unpaired) electrons. The fraction of sp³-hybridized carbons (Fsp3) is 0.526. The number of ether oxygens (including phenoxy) is 1. The Labute approximate surface area is 156 Å². The number of likely N-dealkylation sites (tertiary alicyclic amines) is 1. The quantitative estimate of drug-likeness (QED) is 0.874. The number of pyridine rings is 1. The van der Waals surface area contributed by atoms with Crippen molar-refractivity contribution in [3.63, 3.8) is 0 Å². The van der Waals surface area contributed by atoms with Crippen molar-refractivity contribution in [3.05, 3.63) is 41.7 Å². The van der Waals surface area contributed by atoms with Gasteiger partial charge in [-0.05, 0) is 19.9 Å². The Morgan fingerprint density at radius 3 is 2.81 bits per heavy atom. The number of piperidine rings is 1. The van der Waals surface area contributed by atoms with Gasteiger partial charge in [-0.1, -0.05) is 0 Å². The highest BCUT2D eigenvalue weighted by atomic mass is 19.1. The molecule has 7 nitrogen and oxygen atoms in total. The molecule has 1 fully saturated rings. The fourth-order valence-electron chi connectivity index (χ4n) is 3.83. The van der Waals surface area contributed by atoms with Crippen molar-refractivity contribution in [2.24, 2.45) is 0 Å². The smallest absolute Gasteiger partial charge is 0.256 e. The number of hydrogen-bond acceptors (Lipinski definition) is 5. The highest BCUT2D eigenvalue weighted by Gasteiger charge is 2.45. The minimum Gasteiger partial charge on any atom is -0.483 e. The molecular formula is C19H23FN4O3.